The second-order valence-corrected chi connectivity index (χ2v) is 8.15. The quantitative estimate of drug-likeness (QED) is 0.311. The molecule has 0 atom stereocenters. The summed E-state index contributed by atoms with van der Waals surface area (Å²) in [6.45, 7) is 3.82. The van der Waals surface area contributed by atoms with Gasteiger partial charge in [0.1, 0.15) is 11.9 Å². The van der Waals surface area contributed by atoms with Crippen LogP contribution in [0.15, 0.2) is 57.1 Å². The Morgan fingerprint density at radius 1 is 1.07 bits per heavy atom. The van der Waals surface area contributed by atoms with Crippen LogP contribution in [-0.2, 0) is 5.75 Å². The van der Waals surface area contributed by atoms with Crippen molar-refractivity contribution in [3.63, 3.8) is 0 Å². The molecule has 0 aliphatic carbocycles. The Balaban J connectivity index is 1.68. The molecule has 2 aromatic carbocycles. The fourth-order valence-electron chi connectivity index (χ4n) is 2.84. The highest BCUT2D eigenvalue weighted by atomic mass is 35.5. The SMILES string of the molecule is Cc1ccc(-n2cnnc2SCc2cc(=O)oc3cc(C)c(Cl)cc23)cc1Cl. The molecular formula is C20H15Cl2N3O2S. The predicted octanol–water partition coefficient (Wildman–Crippen LogP) is 5.59. The number of benzene rings is 2. The van der Waals surface area contributed by atoms with Crippen molar-refractivity contribution in [2.75, 3.05) is 0 Å². The molecule has 28 heavy (non-hydrogen) atoms. The van der Waals surface area contributed by atoms with Crippen LogP contribution in [0.25, 0.3) is 16.7 Å². The van der Waals surface area contributed by atoms with Gasteiger partial charge in [0.25, 0.3) is 0 Å². The van der Waals surface area contributed by atoms with Crippen LogP contribution in [0.3, 0.4) is 0 Å². The summed E-state index contributed by atoms with van der Waals surface area (Å²) in [6, 6.07) is 10.9. The Morgan fingerprint density at radius 2 is 1.86 bits per heavy atom. The average molecular weight is 432 g/mol. The highest BCUT2D eigenvalue weighted by molar-refractivity contribution is 7.98. The molecule has 8 heteroatoms. The van der Waals surface area contributed by atoms with Gasteiger partial charge in [-0.2, -0.15) is 0 Å². The molecular weight excluding hydrogens is 417 g/mol. The van der Waals surface area contributed by atoms with Crippen molar-refractivity contribution >= 4 is 45.9 Å². The van der Waals surface area contributed by atoms with E-state index in [0.717, 1.165) is 27.8 Å². The van der Waals surface area contributed by atoms with E-state index in [2.05, 4.69) is 10.2 Å². The maximum absolute atomic E-state index is 12.0. The molecule has 0 fully saturated rings. The van der Waals surface area contributed by atoms with Crippen molar-refractivity contribution in [3.05, 3.63) is 79.9 Å². The van der Waals surface area contributed by atoms with E-state index in [0.29, 0.717) is 26.5 Å². The normalized spacial score (nSPS) is 11.3. The molecule has 0 spiro atoms. The molecule has 4 rings (SSSR count). The summed E-state index contributed by atoms with van der Waals surface area (Å²) in [4.78, 5) is 12.0. The fraction of sp³-hybridized carbons (Fsp3) is 0.150. The topological polar surface area (TPSA) is 60.9 Å². The molecule has 5 nitrogen and oxygen atoms in total. The van der Waals surface area contributed by atoms with E-state index in [1.807, 2.05) is 42.7 Å². The zero-order valence-corrected chi connectivity index (χ0v) is 17.4. The first-order valence-corrected chi connectivity index (χ1v) is 10.2. The van der Waals surface area contributed by atoms with Gasteiger partial charge in [0.2, 0.25) is 0 Å². The highest BCUT2D eigenvalue weighted by Gasteiger charge is 2.12. The minimum Gasteiger partial charge on any atom is -0.423 e. The van der Waals surface area contributed by atoms with Crippen molar-refractivity contribution in [2.24, 2.45) is 0 Å². The summed E-state index contributed by atoms with van der Waals surface area (Å²) in [5.41, 5.74) is 3.70. The first-order chi connectivity index (χ1) is 13.4. The van der Waals surface area contributed by atoms with Crippen molar-refractivity contribution in [2.45, 2.75) is 24.8 Å². The number of halogens is 2. The predicted molar refractivity (Wildman–Crippen MR) is 113 cm³/mol. The molecule has 2 heterocycles. The molecule has 0 N–H and O–H groups in total. The zero-order chi connectivity index (χ0) is 19.8. The number of nitrogens with zero attached hydrogens (tertiary/aromatic N) is 3. The van der Waals surface area contributed by atoms with Gasteiger partial charge in [0, 0.05) is 27.3 Å². The lowest BCUT2D eigenvalue weighted by Gasteiger charge is -2.09. The van der Waals surface area contributed by atoms with Gasteiger partial charge in [0.05, 0.1) is 5.69 Å². The van der Waals surface area contributed by atoms with E-state index in [9.17, 15) is 4.79 Å². The monoisotopic (exact) mass is 431 g/mol. The number of fused-ring (bicyclic) bond motifs is 1. The van der Waals surface area contributed by atoms with Gasteiger partial charge in [-0.15, -0.1) is 10.2 Å². The average Bonchev–Trinajstić information content (AvgIpc) is 3.12. The Kier molecular flexibility index (Phi) is 5.19. The lowest BCUT2D eigenvalue weighted by Crippen LogP contribution is -2.01. The smallest absolute Gasteiger partial charge is 0.336 e. The van der Waals surface area contributed by atoms with Gasteiger partial charge >= 0.3 is 5.63 Å². The summed E-state index contributed by atoms with van der Waals surface area (Å²) in [5, 5.41) is 11.0. The number of thioether (sulfide) groups is 1. The maximum atomic E-state index is 12.0. The molecule has 0 aliphatic rings. The summed E-state index contributed by atoms with van der Waals surface area (Å²) < 4.78 is 7.18. The van der Waals surface area contributed by atoms with Gasteiger partial charge < -0.3 is 4.42 Å². The minimum absolute atomic E-state index is 0.392. The zero-order valence-electron chi connectivity index (χ0n) is 15.1. The van der Waals surface area contributed by atoms with E-state index in [4.69, 9.17) is 27.6 Å². The highest BCUT2D eigenvalue weighted by Crippen LogP contribution is 2.30. The van der Waals surface area contributed by atoms with Crippen LogP contribution in [0.5, 0.6) is 0 Å². The second kappa shape index (κ2) is 7.62. The second-order valence-electron chi connectivity index (χ2n) is 6.39. The molecule has 0 amide bonds. The molecule has 4 aromatic rings. The number of aromatic nitrogens is 3. The van der Waals surface area contributed by atoms with Crippen LogP contribution in [-0.4, -0.2) is 14.8 Å². The number of aryl methyl sites for hydroxylation is 2. The third-order valence-corrected chi connectivity index (χ3v) is 6.22. The van der Waals surface area contributed by atoms with Crippen LogP contribution in [0.4, 0.5) is 0 Å². The lowest BCUT2D eigenvalue weighted by atomic mass is 10.1. The molecule has 2 aromatic heterocycles. The summed E-state index contributed by atoms with van der Waals surface area (Å²) in [6.07, 6.45) is 1.64. The number of hydrogen-bond donors (Lipinski definition) is 0. The molecule has 142 valence electrons. The Hall–Kier alpha value is -2.28. The van der Waals surface area contributed by atoms with Crippen molar-refractivity contribution < 1.29 is 4.42 Å². The van der Waals surface area contributed by atoms with Gasteiger partial charge in [-0.05, 0) is 54.8 Å². The summed E-state index contributed by atoms with van der Waals surface area (Å²) in [5.74, 6) is 0.514. The molecule has 0 aliphatic heterocycles. The third kappa shape index (κ3) is 3.68. The van der Waals surface area contributed by atoms with Crippen LogP contribution in [0.2, 0.25) is 10.0 Å². The molecule has 0 unspecified atom stereocenters. The minimum atomic E-state index is -0.392. The molecule has 0 saturated heterocycles. The Morgan fingerprint density at radius 3 is 2.64 bits per heavy atom. The third-order valence-electron chi connectivity index (χ3n) is 4.42. The van der Waals surface area contributed by atoms with Crippen molar-refractivity contribution in [3.8, 4) is 5.69 Å². The maximum Gasteiger partial charge on any atom is 0.336 e. The van der Waals surface area contributed by atoms with E-state index in [1.165, 1.54) is 17.8 Å². The summed E-state index contributed by atoms with van der Waals surface area (Å²) >= 11 is 14.0. The van der Waals surface area contributed by atoms with Crippen LogP contribution in [0, 0.1) is 13.8 Å². The summed E-state index contributed by atoms with van der Waals surface area (Å²) in [7, 11) is 0. The Bertz CT molecular complexity index is 1250. The van der Waals surface area contributed by atoms with E-state index in [1.54, 1.807) is 12.4 Å². The van der Waals surface area contributed by atoms with E-state index < -0.39 is 5.63 Å². The van der Waals surface area contributed by atoms with Crippen LogP contribution >= 0.6 is 35.0 Å². The van der Waals surface area contributed by atoms with Crippen LogP contribution in [0.1, 0.15) is 16.7 Å². The first-order valence-electron chi connectivity index (χ1n) is 8.44. The first kappa shape index (κ1) is 19.1. The number of hydrogen-bond acceptors (Lipinski definition) is 5. The van der Waals surface area contributed by atoms with Crippen LogP contribution < -0.4 is 5.63 Å². The van der Waals surface area contributed by atoms with Gasteiger partial charge in [0.15, 0.2) is 5.16 Å². The molecule has 0 radical (unpaired) electrons. The largest absolute Gasteiger partial charge is 0.423 e. The number of rotatable bonds is 4. The van der Waals surface area contributed by atoms with E-state index >= 15 is 0 Å². The van der Waals surface area contributed by atoms with Crippen molar-refractivity contribution in [1.29, 1.82) is 0 Å². The van der Waals surface area contributed by atoms with E-state index in [-0.39, 0.29) is 0 Å². The fourth-order valence-corrected chi connectivity index (χ4v) is 4.10. The van der Waals surface area contributed by atoms with Gasteiger partial charge in [-0.1, -0.05) is 41.0 Å². The lowest BCUT2D eigenvalue weighted by molar-refractivity contribution is 0.559. The van der Waals surface area contributed by atoms with Gasteiger partial charge in [-0.25, -0.2) is 4.79 Å². The molecule has 0 saturated carbocycles. The molecule has 0 bridgehead atoms. The van der Waals surface area contributed by atoms with Gasteiger partial charge in [-0.3, -0.25) is 4.57 Å². The van der Waals surface area contributed by atoms with Crippen molar-refractivity contribution in [1.82, 2.24) is 14.8 Å². The standard InChI is InChI=1S/C20H15Cl2N3O2S/c1-11-3-4-14(7-16(11)21)25-10-23-24-20(25)28-9-13-6-19(26)27-18-5-12(2)17(22)8-15(13)18/h3-8,10H,9H2,1-2H3. The Labute approximate surface area is 175 Å².